The maximum atomic E-state index is 13.0. The average Bonchev–Trinajstić information content (AvgIpc) is 2.65. The molecular weight excluding hydrogens is 414 g/mol. The molecule has 0 atom stereocenters. The van der Waals surface area contributed by atoms with Gasteiger partial charge in [-0.1, -0.05) is 13.3 Å². The summed E-state index contributed by atoms with van der Waals surface area (Å²) in [5.74, 6) is -0.231. The Labute approximate surface area is 166 Å². The maximum Gasteiger partial charge on any atom is 0.416 e. The van der Waals surface area contributed by atoms with E-state index in [2.05, 4.69) is 15.3 Å². The summed E-state index contributed by atoms with van der Waals surface area (Å²) < 4.78 is 79.6. The highest BCUT2D eigenvalue weighted by atomic mass is 19.4. The third kappa shape index (κ3) is 4.71. The lowest BCUT2D eigenvalue weighted by Crippen LogP contribution is -2.20. The number of fused-ring (bicyclic) bond motifs is 1. The van der Waals surface area contributed by atoms with Crippen LogP contribution < -0.4 is 10.9 Å². The number of hydrogen-bond donors (Lipinski definition) is 1. The average molecular weight is 430 g/mol. The number of aromatic nitrogens is 3. The molecule has 3 rings (SSSR count). The first-order valence-electron chi connectivity index (χ1n) is 8.92. The van der Waals surface area contributed by atoms with Crippen LogP contribution in [0.3, 0.4) is 0 Å². The smallest absolute Gasteiger partial charge is 0.324 e. The number of nitrogens with one attached hydrogen (secondary N) is 1. The zero-order valence-corrected chi connectivity index (χ0v) is 15.6. The zero-order valence-electron chi connectivity index (χ0n) is 15.6. The molecule has 30 heavy (non-hydrogen) atoms. The van der Waals surface area contributed by atoms with Crippen molar-refractivity contribution in [1.82, 2.24) is 14.5 Å². The summed E-state index contributed by atoms with van der Waals surface area (Å²) in [6.45, 7) is 2.30. The predicted molar refractivity (Wildman–Crippen MR) is 98.4 cm³/mol. The van der Waals surface area contributed by atoms with Crippen LogP contribution in [0.15, 0.2) is 41.3 Å². The van der Waals surface area contributed by atoms with Crippen molar-refractivity contribution in [3.8, 4) is 0 Å². The number of benzene rings is 1. The van der Waals surface area contributed by atoms with Crippen molar-refractivity contribution in [2.75, 3.05) is 5.32 Å². The van der Waals surface area contributed by atoms with Crippen LogP contribution in [0.5, 0.6) is 0 Å². The quantitative estimate of drug-likeness (QED) is 0.553. The van der Waals surface area contributed by atoms with E-state index in [0.717, 1.165) is 6.42 Å². The van der Waals surface area contributed by atoms with Crippen LogP contribution in [-0.2, 0) is 18.9 Å². The van der Waals surface area contributed by atoms with Gasteiger partial charge in [-0.05, 0) is 30.7 Å². The van der Waals surface area contributed by atoms with Crippen molar-refractivity contribution in [3.05, 3.63) is 58.0 Å². The van der Waals surface area contributed by atoms with Crippen molar-refractivity contribution in [3.63, 3.8) is 0 Å². The van der Waals surface area contributed by atoms with Crippen LogP contribution >= 0.6 is 0 Å². The fourth-order valence-corrected chi connectivity index (χ4v) is 2.82. The Morgan fingerprint density at radius 2 is 1.63 bits per heavy atom. The van der Waals surface area contributed by atoms with Crippen LogP contribution in [0, 0.1) is 0 Å². The summed E-state index contributed by atoms with van der Waals surface area (Å²) in [5, 5.41) is 2.90. The highest BCUT2D eigenvalue weighted by Crippen LogP contribution is 2.38. The van der Waals surface area contributed by atoms with Gasteiger partial charge >= 0.3 is 12.4 Å². The van der Waals surface area contributed by atoms with E-state index in [4.69, 9.17) is 0 Å². The van der Waals surface area contributed by atoms with Crippen molar-refractivity contribution in [1.29, 1.82) is 0 Å². The van der Waals surface area contributed by atoms with Crippen molar-refractivity contribution < 1.29 is 26.3 Å². The predicted octanol–water partition coefficient (Wildman–Crippen LogP) is 5.37. The van der Waals surface area contributed by atoms with E-state index < -0.39 is 29.2 Å². The number of alkyl halides is 6. The minimum atomic E-state index is -4.97. The Balaban J connectivity index is 2.06. The molecule has 0 amide bonds. The fourth-order valence-electron chi connectivity index (χ4n) is 2.82. The Hall–Kier alpha value is -3.11. The monoisotopic (exact) mass is 430 g/mol. The minimum absolute atomic E-state index is 0.0365. The molecule has 0 aliphatic heterocycles. The summed E-state index contributed by atoms with van der Waals surface area (Å²) in [6, 6.07) is 3.96. The van der Waals surface area contributed by atoms with Crippen LogP contribution in [0.2, 0.25) is 0 Å². The number of pyridine rings is 1. The molecule has 0 bridgehead atoms. The van der Waals surface area contributed by atoms with Crippen molar-refractivity contribution in [2.24, 2.45) is 0 Å². The van der Waals surface area contributed by atoms with E-state index >= 15 is 0 Å². The Bertz CT molecular complexity index is 1090. The Kier molecular flexibility index (Phi) is 5.73. The van der Waals surface area contributed by atoms with Crippen LogP contribution in [0.25, 0.3) is 11.0 Å². The second-order valence-corrected chi connectivity index (χ2v) is 6.57. The van der Waals surface area contributed by atoms with Crippen molar-refractivity contribution >= 4 is 22.7 Å². The summed E-state index contributed by atoms with van der Waals surface area (Å²) in [6.07, 6.45) is -7.10. The van der Waals surface area contributed by atoms with Gasteiger partial charge in [0.2, 0.25) is 5.95 Å². The van der Waals surface area contributed by atoms with Gasteiger partial charge in [0.1, 0.15) is 5.65 Å². The first-order chi connectivity index (χ1) is 14.0. The number of hydrogen-bond acceptors (Lipinski definition) is 4. The van der Waals surface area contributed by atoms with Gasteiger partial charge in [0.05, 0.1) is 11.1 Å². The summed E-state index contributed by atoms with van der Waals surface area (Å²) in [4.78, 5) is 20.2. The fraction of sp³-hybridized carbons (Fsp3) is 0.316. The third-order valence-corrected chi connectivity index (χ3v) is 4.30. The van der Waals surface area contributed by atoms with E-state index in [1.54, 1.807) is 0 Å². The summed E-state index contributed by atoms with van der Waals surface area (Å²) >= 11 is 0. The molecular formula is C19H16F6N4O. The number of unbranched alkanes of at least 4 members (excludes halogenated alkanes) is 1. The van der Waals surface area contributed by atoms with E-state index in [1.807, 2.05) is 6.92 Å². The number of anilines is 2. The summed E-state index contributed by atoms with van der Waals surface area (Å²) in [7, 11) is 0. The summed E-state index contributed by atoms with van der Waals surface area (Å²) in [5.41, 5.74) is -3.48. The van der Waals surface area contributed by atoms with Gasteiger partial charge in [-0.3, -0.25) is 9.36 Å². The van der Waals surface area contributed by atoms with Gasteiger partial charge in [0, 0.05) is 29.9 Å². The van der Waals surface area contributed by atoms with Gasteiger partial charge in [-0.15, -0.1) is 0 Å². The molecule has 11 heteroatoms. The van der Waals surface area contributed by atoms with E-state index in [9.17, 15) is 31.1 Å². The normalized spacial score (nSPS) is 12.4. The van der Waals surface area contributed by atoms with Gasteiger partial charge in [0.15, 0.2) is 0 Å². The molecule has 0 aliphatic carbocycles. The second kappa shape index (κ2) is 7.96. The molecule has 0 spiro atoms. The highest BCUT2D eigenvalue weighted by Gasteiger charge is 2.37. The zero-order chi connectivity index (χ0) is 22.1. The highest BCUT2D eigenvalue weighted by molar-refractivity contribution is 5.75. The van der Waals surface area contributed by atoms with E-state index in [-0.39, 0.29) is 23.2 Å². The molecule has 0 saturated heterocycles. The molecule has 1 N–H and O–H groups in total. The number of nitrogens with zero attached hydrogens (tertiary/aromatic N) is 3. The Morgan fingerprint density at radius 3 is 2.20 bits per heavy atom. The lowest BCUT2D eigenvalue weighted by Gasteiger charge is -2.15. The molecule has 0 aliphatic rings. The molecule has 0 saturated carbocycles. The topological polar surface area (TPSA) is 59.8 Å². The lowest BCUT2D eigenvalue weighted by molar-refractivity contribution is -0.143. The number of halogens is 6. The number of rotatable bonds is 5. The number of aryl methyl sites for hydroxylation is 1. The van der Waals surface area contributed by atoms with Crippen LogP contribution in [0.4, 0.5) is 38.0 Å². The molecule has 3 aromatic rings. The molecule has 2 aromatic heterocycles. The molecule has 0 fully saturated rings. The van der Waals surface area contributed by atoms with Gasteiger partial charge in [-0.25, -0.2) is 4.98 Å². The lowest BCUT2D eigenvalue weighted by atomic mass is 10.1. The molecule has 5 nitrogen and oxygen atoms in total. The molecule has 1 aromatic carbocycles. The molecule has 0 radical (unpaired) electrons. The molecule has 160 valence electrons. The van der Waals surface area contributed by atoms with Crippen LogP contribution in [-0.4, -0.2) is 14.5 Å². The van der Waals surface area contributed by atoms with Gasteiger partial charge in [-0.2, -0.15) is 31.3 Å². The van der Waals surface area contributed by atoms with Crippen LogP contribution in [0.1, 0.15) is 30.9 Å². The standard InChI is InChI=1S/C19H16F6N4O/c1-2-3-6-29-15(30)5-4-11-10-26-17(28-16(11)29)27-14-8-12(18(20,21)22)7-13(9-14)19(23,24)25/h4-5,7-10H,2-3,6H2,1H3,(H,26,27,28). The largest absolute Gasteiger partial charge is 0.416 e. The third-order valence-electron chi connectivity index (χ3n) is 4.30. The Morgan fingerprint density at radius 1 is 1.00 bits per heavy atom. The maximum absolute atomic E-state index is 13.0. The second-order valence-electron chi connectivity index (χ2n) is 6.57. The molecule has 2 heterocycles. The minimum Gasteiger partial charge on any atom is -0.324 e. The van der Waals surface area contributed by atoms with Gasteiger partial charge < -0.3 is 5.32 Å². The van der Waals surface area contributed by atoms with Gasteiger partial charge in [0.25, 0.3) is 5.56 Å². The first kappa shape index (κ1) is 21.6. The van der Waals surface area contributed by atoms with E-state index in [0.29, 0.717) is 30.5 Å². The SMILES string of the molecule is CCCCn1c(=O)ccc2cnc(Nc3cc(C(F)(F)F)cc(C(F)(F)F)c3)nc21. The first-order valence-corrected chi connectivity index (χ1v) is 8.92. The van der Waals surface area contributed by atoms with Crippen molar-refractivity contribution in [2.45, 2.75) is 38.7 Å². The van der Waals surface area contributed by atoms with E-state index in [1.165, 1.54) is 22.9 Å². The molecule has 0 unspecified atom stereocenters.